The minimum absolute atomic E-state index is 0.263. The second-order valence-corrected chi connectivity index (χ2v) is 6.34. The molecule has 0 aliphatic heterocycles. The van der Waals surface area contributed by atoms with E-state index in [2.05, 4.69) is 15.1 Å². The molecule has 7 heteroatoms. The van der Waals surface area contributed by atoms with Gasteiger partial charge in [-0.1, -0.05) is 11.6 Å². The molecule has 6 nitrogen and oxygen atoms in total. The van der Waals surface area contributed by atoms with Crippen molar-refractivity contribution in [2.45, 2.75) is 26.3 Å². The van der Waals surface area contributed by atoms with Crippen LogP contribution in [-0.2, 0) is 5.54 Å². The molecule has 2 heterocycles. The van der Waals surface area contributed by atoms with Gasteiger partial charge in [0.05, 0.1) is 5.54 Å². The second-order valence-electron chi connectivity index (χ2n) is 5.90. The summed E-state index contributed by atoms with van der Waals surface area (Å²) in [5.74, 6) is 1.34. The Kier molecular flexibility index (Phi) is 3.41. The van der Waals surface area contributed by atoms with Gasteiger partial charge in [0.15, 0.2) is 5.65 Å². The summed E-state index contributed by atoms with van der Waals surface area (Å²) in [7, 11) is 0. The molecule has 0 saturated heterocycles. The second kappa shape index (κ2) is 5.14. The van der Waals surface area contributed by atoms with Gasteiger partial charge in [0.2, 0.25) is 0 Å². The van der Waals surface area contributed by atoms with Crippen LogP contribution in [0.2, 0.25) is 5.02 Å². The van der Waals surface area contributed by atoms with Crippen LogP contribution in [0.1, 0.15) is 20.8 Å². The SMILES string of the molecule is CC(C)(C)n1nc(Oc2ccc(Cl)cc2)c2c(N)ncnc21. The number of nitrogens with zero attached hydrogens (tertiary/aromatic N) is 4. The number of hydrogen-bond acceptors (Lipinski definition) is 5. The highest BCUT2D eigenvalue weighted by Crippen LogP contribution is 2.34. The van der Waals surface area contributed by atoms with E-state index < -0.39 is 0 Å². The molecule has 0 fully saturated rings. The fourth-order valence-corrected chi connectivity index (χ4v) is 2.22. The zero-order valence-corrected chi connectivity index (χ0v) is 13.3. The van der Waals surface area contributed by atoms with Crippen molar-refractivity contribution in [2.24, 2.45) is 0 Å². The van der Waals surface area contributed by atoms with Gasteiger partial charge >= 0.3 is 0 Å². The normalized spacial score (nSPS) is 11.8. The van der Waals surface area contributed by atoms with Crippen LogP contribution in [0.25, 0.3) is 11.0 Å². The average Bonchev–Trinajstić information content (AvgIpc) is 2.82. The number of fused-ring (bicyclic) bond motifs is 1. The number of rotatable bonds is 2. The van der Waals surface area contributed by atoms with Crippen LogP contribution >= 0.6 is 11.6 Å². The maximum Gasteiger partial charge on any atom is 0.251 e. The van der Waals surface area contributed by atoms with E-state index in [1.807, 2.05) is 20.8 Å². The quantitative estimate of drug-likeness (QED) is 0.781. The summed E-state index contributed by atoms with van der Waals surface area (Å²) in [5.41, 5.74) is 6.37. The number of hydrogen-bond donors (Lipinski definition) is 1. The number of nitrogens with two attached hydrogens (primary N) is 1. The van der Waals surface area contributed by atoms with E-state index in [9.17, 15) is 0 Å². The van der Waals surface area contributed by atoms with Crippen molar-refractivity contribution in [1.29, 1.82) is 0 Å². The van der Waals surface area contributed by atoms with Gasteiger partial charge in [-0.25, -0.2) is 14.6 Å². The van der Waals surface area contributed by atoms with Gasteiger partial charge in [0.1, 0.15) is 23.3 Å². The molecule has 0 aliphatic carbocycles. The standard InChI is InChI=1S/C15H16ClN5O/c1-15(2,3)21-13-11(12(17)18-8-19-13)14(20-21)22-10-6-4-9(16)5-7-10/h4-8H,1-3H3,(H2,17,18,19). The van der Waals surface area contributed by atoms with Crippen LogP contribution in [-0.4, -0.2) is 19.7 Å². The van der Waals surface area contributed by atoms with E-state index in [1.165, 1.54) is 6.33 Å². The van der Waals surface area contributed by atoms with Crippen molar-refractivity contribution in [3.05, 3.63) is 35.6 Å². The minimum Gasteiger partial charge on any atom is -0.437 e. The van der Waals surface area contributed by atoms with E-state index >= 15 is 0 Å². The van der Waals surface area contributed by atoms with Crippen molar-refractivity contribution >= 4 is 28.5 Å². The summed E-state index contributed by atoms with van der Waals surface area (Å²) < 4.78 is 7.64. The Morgan fingerprint density at radius 3 is 2.45 bits per heavy atom. The zero-order valence-electron chi connectivity index (χ0n) is 12.5. The van der Waals surface area contributed by atoms with Crippen molar-refractivity contribution in [3.63, 3.8) is 0 Å². The fraction of sp³-hybridized carbons (Fsp3) is 0.267. The monoisotopic (exact) mass is 317 g/mol. The third kappa shape index (κ3) is 2.57. The third-order valence-electron chi connectivity index (χ3n) is 3.13. The van der Waals surface area contributed by atoms with Crippen molar-refractivity contribution < 1.29 is 4.74 Å². The van der Waals surface area contributed by atoms with Crippen molar-refractivity contribution in [2.75, 3.05) is 5.73 Å². The van der Waals surface area contributed by atoms with Crippen LogP contribution in [0.3, 0.4) is 0 Å². The lowest BCUT2D eigenvalue weighted by Gasteiger charge is -2.19. The van der Waals surface area contributed by atoms with Gasteiger partial charge in [0, 0.05) is 5.02 Å². The van der Waals surface area contributed by atoms with Gasteiger partial charge in [-0.15, -0.1) is 5.10 Å². The Morgan fingerprint density at radius 1 is 1.14 bits per heavy atom. The van der Waals surface area contributed by atoms with Gasteiger partial charge in [-0.3, -0.25) is 0 Å². The van der Waals surface area contributed by atoms with Crippen LogP contribution < -0.4 is 10.5 Å². The predicted molar refractivity (Wildman–Crippen MR) is 86.3 cm³/mol. The fourth-order valence-electron chi connectivity index (χ4n) is 2.10. The lowest BCUT2D eigenvalue weighted by Crippen LogP contribution is -2.23. The Balaban J connectivity index is 2.15. The lowest BCUT2D eigenvalue weighted by atomic mass is 10.1. The maximum absolute atomic E-state index is 5.99. The molecule has 0 saturated carbocycles. The van der Waals surface area contributed by atoms with E-state index in [4.69, 9.17) is 22.1 Å². The molecule has 3 aromatic rings. The summed E-state index contributed by atoms with van der Waals surface area (Å²) in [6.45, 7) is 6.09. The molecule has 1 aromatic carbocycles. The molecule has 0 aliphatic rings. The molecule has 0 bridgehead atoms. The average molecular weight is 318 g/mol. The lowest BCUT2D eigenvalue weighted by molar-refractivity contribution is 0.349. The molecule has 0 amide bonds. The molecular weight excluding hydrogens is 302 g/mol. The maximum atomic E-state index is 5.99. The minimum atomic E-state index is -0.263. The number of halogens is 1. The molecule has 3 rings (SSSR count). The molecule has 2 N–H and O–H groups in total. The van der Waals surface area contributed by atoms with Crippen LogP contribution in [0.4, 0.5) is 5.82 Å². The zero-order chi connectivity index (χ0) is 15.9. The number of anilines is 1. The summed E-state index contributed by atoms with van der Waals surface area (Å²) in [6.07, 6.45) is 1.42. The van der Waals surface area contributed by atoms with Gasteiger partial charge in [-0.05, 0) is 45.0 Å². The molecule has 22 heavy (non-hydrogen) atoms. The Bertz CT molecular complexity index is 820. The van der Waals surface area contributed by atoms with E-state index in [0.717, 1.165) is 0 Å². The van der Waals surface area contributed by atoms with Gasteiger partial charge < -0.3 is 10.5 Å². The van der Waals surface area contributed by atoms with E-state index in [-0.39, 0.29) is 5.54 Å². The topological polar surface area (TPSA) is 78.9 Å². The van der Waals surface area contributed by atoms with E-state index in [0.29, 0.717) is 33.5 Å². The molecule has 0 spiro atoms. The first-order valence-corrected chi connectivity index (χ1v) is 7.17. The van der Waals surface area contributed by atoms with Crippen molar-refractivity contribution in [1.82, 2.24) is 19.7 Å². The Hall–Kier alpha value is -2.34. The van der Waals surface area contributed by atoms with Crippen LogP contribution in [0.15, 0.2) is 30.6 Å². The van der Waals surface area contributed by atoms with Gasteiger partial charge in [-0.2, -0.15) is 0 Å². The van der Waals surface area contributed by atoms with Gasteiger partial charge in [0.25, 0.3) is 5.88 Å². The Morgan fingerprint density at radius 2 is 1.82 bits per heavy atom. The summed E-state index contributed by atoms with van der Waals surface area (Å²) in [4.78, 5) is 8.32. The first-order valence-electron chi connectivity index (χ1n) is 6.79. The first kappa shape index (κ1) is 14.6. The molecule has 114 valence electrons. The summed E-state index contributed by atoms with van der Waals surface area (Å²) in [5, 5.41) is 5.76. The molecule has 0 radical (unpaired) electrons. The molecule has 0 unspecified atom stereocenters. The number of nitrogen functional groups attached to an aromatic ring is 1. The Labute approximate surface area is 132 Å². The number of ether oxygens (including phenoxy) is 1. The smallest absolute Gasteiger partial charge is 0.251 e. The highest BCUT2D eigenvalue weighted by atomic mass is 35.5. The highest BCUT2D eigenvalue weighted by molar-refractivity contribution is 6.30. The molecular formula is C15H16ClN5O. The largest absolute Gasteiger partial charge is 0.437 e. The highest BCUT2D eigenvalue weighted by Gasteiger charge is 2.24. The third-order valence-corrected chi connectivity index (χ3v) is 3.38. The van der Waals surface area contributed by atoms with Crippen molar-refractivity contribution in [3.8, 4) is 11.6 Å². The summed E-state index contributed by atoms with van der Waals surface area (Å²) in [6, 6.07) is 7.04. The number of benzene rings is 1. The summed E-state index contributed by atoms with van der Waals surface area (Å²) >= 11 is 5.88. The van der Waals surface area contributed by atoms with Crippen LogP contribution in [0.5, 0.6) is 11.6 Å². The number of aromatic nitrogens is 4. The van der Waals surface area contributed by atoms with E-state index in [1.54, 1.807) is 28.9 Å². The molecule has 2 aromatic heterocycles. The first-order chi connectivity index (χ1) is 10.4. The molecule has 0 atom stereocenters. The van der Waals surface area contributed by atoms with Crippen LogP contribution in [0, 0.1) is 0 Å². The predicted octanol–water partition coefficient (Wildman–Crippen LogP) is 3.61.